The number of anilines is 1. The second-order valence-electron chi connectivity index (χ2n) is 8.26. The summed E-state index contributed by atoms with van der Waals surface area (Å²) < 4.78 is 33.0. The van der Waals surface area contributed by atoms with Crippen molar-refractivity contribution in [3.63, 3.8) is 0 Å². The zero-order valence-corrected chi connectivity index (χ0v) is 20.2. The van der Waals surface area contributed by atoms with E-state index in [2.05, 4.69) is 5.32 Å². The van der Waals surface area contributed by atoms with E-state index in [0.29, 0.717) is 18.8 Å². The maximum absolute atomic E-state index is 13.2. The summed E-state index contributed by atoms with van der Waals surface area (Å²) in [5, 5.41) is 15.6. The molecule has 0 unspecified atom stereocenters. The summed E-state index contributed by atoms with van der Waals surface area (Å²) in [4.78, 5) is 25.5. The monoisotopic (exact) mass is 498 g/mol. The molecular formula is C24H26N4O6S. The van der Waals surface area contributed by atoms with Gasteiger partial charge >= 0.3 is 0 Å². The third-order valence-electron chi connectivity index (χ3n) is 6.21. The van der Waals surface area contributed by atoms with Crippen molar-refractivity contribution >= 4 is 38.1 Å². The van der Waals surface area contributed by atoms with Crippen LogP contribution in [0.3, 0.4) is 0 Å². The Labute approximate surface area is 203 Å². The van der Waals surface area contributed by atoms with Gasteiger partial charge < -0.3 is 10.1 Å². The van der Waals surface area contributed by atoms with Gasteiger partial charge in [0, 0.05) is 38.3 Å². The molecule has 0 aliphatic carbocycles. The van der Waals surface area contributed by atoms with Gasteiger partial charge in [-0.15, -0.1) is 0 Å². The number of rotatable bonds is 7. The lowest BCUT2D eigenvalue weighted by Gasteiger charge is -2.36. The number of benzene rings is 3. The zero-order valence-electron chi connectivity index (χ0n) is 19.4. The molecule has 4 rings (SSSR count). The number of non-ortho nitro benzene ring substituents is 1. The van der Waals surface area contributed by atoms with E-state index in [4.69, 9.17) is 4.74 Å². The SMILES string of the molecule is COc1ccc([N+](=O)[O-])cc1NC(=O)[C@H](C)N1CCN(S(=O)(=O)c2ccc3ccccc3c2)CC1. The molecule has 3 aromatic carbocycles. The number of methoxy groups -OCH3 is 1. The Hall–Kier alpha value is -3.54. The summed E-state index contributed by atoms with van der Waals surface area (Å²) in [5.74, 6) is -0.0583. The summed E-state index contributed by atoms with van der Waals surface area (Å²) in [5.41, 5.74) is 0.0392. The average Bonchev–Trinajstić information content (AvgIpc) is 2.87. The van der Waals surface area contributed by atoms with Crippen molar-refractivity contribution in [2.24, 2.45) is 0 Å². The highest BCUT2D eigenvalue weighted by molar-refractivity contribution is 7.89. The van der Waals surface area contributed by atoms with Crippen molar-refractivity contribution in [1.82, 2.24) is 9.21 Å². The van der Waals surface area contributed by atoms with Crippen molar-refractivity contribution in [1.29, 1.82) is 0 Å². The Bertz CT molecular complexity index is 1370. The molecule has 0 saturated carbocycles. The van der Waals surface area contributed by atoms with Gasteiger partial charge in [-0.2, -0.15) is 4.31 Å². The van der Waals surface area contributed by atoms with Gasteiger partial charge in [0.1, 0.15) is 5.75 Å². The van der Waals surface area contributed by atoms with Crippen molar-refractivity contribution in [3.05, 3.63) is 70.8 Å². The molecule has 1 fully saturated rings. The molecule has 1 aliphatic heterocycles. The number of amides is 1. The number of carbonyl (C=O) groups excluding carboxylic acids is 1. The largest absolute Gasteiger partial charge is 0.495 e. The molecule has 3 aromatic rings. The summed E-state index contributed by atoms with van der Waals surface area (Å²) in [6.07, 6.45) is 0. The lowest BCUT2D eigenvalue weighted by atomic mass is 10.1. The number of ether oxygens (including phenoxy) is 1. The number of hydrogen-bond acceptors (Lipinski definition) is 7. The minimum Gasteiger partial charge on any atom is -0.495 e. The van der Waals surface area contributed by atoms with Crippen molar-refractivity contribution in [2.45, 2.75) is 17.9 Å². The topological polar surface area (TPSA) is 122 Å². The number of nitro groups is 1. The van der Waals surface area contributed by atoms with Gasteiger partial charge in [-0.05, 0) is 35.9 Å². The van der Waals surface area contributed by atoms with E-state index >= 15 is 0 Å². The number of fused-ring (bicyclic) bond motifs is 1. The van der Waals surface area contributed by atoms with Crippen LogP contribution in [0.15, 0.2) is 65.6 Å². The molecular weight excluding hydrogens is 472 g/mol. The number of carbonyl (C=O) groups is 1. The lowest BCUT2D eigenvalue weighted by molar-refractivity contribution is -0.384. The molecule has 35 heavy (non-hydrogen) atoms. The molecule has 1 saturated heterocycles. The predicted molar refractivity (Wildman–Crippen MR) is 132 cm³/mol. The Morgan fingerprint density at radius 3 is 2.37 bits per heavy atom. The summed E-state index contributed by atoms with van der Waals surface area (Å²) in [6, 6.07) is 16.1. The second-order valence-corrected chi connectivity index (χ2v) is 10.2. The van der Waals surface area contributed by atoms with Crippen LogP contribution >= 0.6 is 0 Å². The lowest BCUT2D eigenvalue weighted by Crippen LogP contribution is -2.53. The van der Waals surface area contributed by atoms with Crippen LogP contribution in [-0.4, -0.2) is 67.8 Å². The Morgan fingerprint density at radius 2 is 1.71 bits per heavy atom. The van der Waals surface area contributed by atoms with Crippen LogP contribution in [0.4, 0.5) is 11.4 Å². The molecule has 1 N–H and O–H groups in total. The highest BCUT2D eigenvalue weighted by Crippen LogP contribution is 2.29. The number of nitrogens with one attached hydrogen (secondary N) is 1. The van der Waals surface area contributed by atoms with Crippen LogP contribution in [0, 0.1) is 10.1 Å². The van der Waals surface area contributed by atoms with E-state index < -0.39 is 21.0 Å². The van der Waals surface area contributed by atoms with E-state index in [-0.39, 0.29) is 35.3 Å². The Morgan fingerprint density at radius 1 is 1.03 bits per heavy atom. The fourth-order valence-electron chi connectivity index (χ4n) is 4.12. The van der Waals surface area contributed by atoms with Crippen LogP contribution in [0.5, 0.6) is 5.75 Å². The van der Waals surface area contributed by atoms with Gasteiger partial charge in [-0.25, -0.2) is 8.42 Å². The third-order valence-corrected chi connectivity index (χ3v) is 8.11. The van der Waals surface area contributed by atoms with Gasteiger partial charge in [-0.3, -0.25) is 19.8 Å². The highest BCUT2D eigenvalue weighted by Gasteiger charge is 2.32. The number of hydrogen-bond donors (Lipinski definition) is 1. The van der Waals surface area contributed by atoms with Gasteiger partial charge in [-0.1, -0.05) is 30.3 Å². The molecule has 0 radical (unpaired) electrons. The Balaban J connectivity index is 1.42. The van der Waals surface area contributed by atoms with E-state index in [0.717, 1.165) is 10.8 Å². The molecule has 1 aliphatic rings. The summed E-state index contributed by atoms with van der Waals surface area (Å²) >= 11 is 0. The molecule has 184 valence electrons. The molecule has 0 bridgehead atoms. The van der Waals surface area contributed by atoms with E-state index in [1.54, 1.807) is 25.1 Å². The number of piperazine rings is 1. The normalized spacial score (nSPS) is 16.1. The van der Waals surface area contributed by atoms with Crippen LogP contribution in [0.1, 0.15) is 6.92 Å². The van der Waals surface area contributed by atoms with Crippen LogP contribution in [0.2, 0.25) is 0 Å². The first kappa shape index (κ1) is 24.6. The number of sulfonamides is 1. The highest BCUT2D eigenvalue weighted by atomic mass is 32.2. The molecule has 11 heteroatoms. The fraction of sp³-hybridized carbons (Fsp3) is 0.292. The van der Waals surface area contributed by atoms with Crippen molar-refractivity contribution in [3.8, 4) is 5.75 Å². The average molecular weight is 499 g/mol. The first-order valence-corrected chi connectivity index (χ1v) is 12.5. The van der Waals surface area contributed by atoms with E-state index in [1.165, 1.54) is 29.6 Å². The zero-order chi connectivity index (χ0) is 25.2. The standard InChI is InChI=1S/C24H26N4O6S/c1-17(24(29)25-22-16-20(28(30)31)8-10-23(22)34-2)26-11-13-27(14-12-26)35(32,33)21-9-7-18-5-3-4-6-19(18)15-21/h3-10,15-17H,11-14H2,1-2H3,(H,25,29)/t17-/m0/s1. The number of nitrogens with zero attached hydrogens (tertiary/aromatic N) is 3. The first-order chi connectivity index (χ1) is 16.7. The molecule has 1 amide bonds. The maximum Gasteiger partial charge on any atom is 0.271 e. The predicted octanol–water partition coefficient (Wildman–Crippen LogP) is 3.09. The molecule has 0 aromatic heterocycles. The third kappa shape index (κ3) is 5.11. The van der Waals surface area contributed by atoms with Crippen molar-refractivity contribution in [2.75, 3.05) is 38.6 Å². The van der Waals surface area contributed by atoms with Gasteiger partial charge in [0.05, 0.1) is 28.7 Å². The van der Waals surface area contributed by atoms with Crippen LogP contribution in [0.25, 0.3) is 10.8 Å². The van der Waals surface area contributed by atoms with Crippen LogP contribution < -0.4 is 10.1 Å². The molecule has 1 atom stereocenters. The van der Waals surface area contributed by atoms with Crippen LogP contribution in [-0.2, 0) is 14.8 Å². The maximum atomic E-state index is 13.2. The molecule has 0 spiro atoms. The van der Waals surface area contributed by atoms with Gasteiger partial charge in [0.15, 0.2) is 0 Å². The second kappa shape index (κ2) is 9.98. The minimum absolute atomic E-state index is 0.165. The van der Waals surface area contributed by atoms with Gasteiger partial charge in [0.25, 0.3) is 5.69 Å². The minimum atomic E-state index is -3.67. The van der Waals surface area contributed by atoms with Crippen molar-refractivity contribution < 1.29 is 22.9 Å². The summed E-state index contributed by atoms with van der Waals surface area (Å²) in [6.45, 7) is 2.94. The van der Waals surface area contributed by atoms with E-state index in [1.807, 2.05) is 29.2 Å². The molecule has 1 heterocycles. The number of nitro benzene ring substituents is 1. The fourth-order valence-corrected chi connectivity index (χ4v) is 5.58. The summed E-state index contributed by atoms with van der Waals surface area (Å²) in [7, 11) is -2.26. The smallest absolute Gasteiger partial charge is 0.271 e. The van der Waals surface area contributed by atoms with Gasteiger partial charge in [0.2, 0.25) is 15.9 Å². The van der Waals surface area contributed by atoms with E-state index in [9.17, 15) is 23.3 Å². The Kier molecular flexibility index (Phi) is 7.01. The quantitative estimate of drug-likeness (QED) is 0.392. The first-order valence-electron chi connectivity index (χ1n) is 11.1. The molecule has 10 nitrogen and oxygen atoms in total.